The third-order valence-corrected chi connectivity index (χ3v) is 9.15. The fourth-order valence-electron chi connectivity index (χ4n) is 5.53. The van der Waals surface area contributed by atoms with Crippen LogP contribution in [0.15, 0.2) is 90.3 Å². The fourth-order valence-corrected chi connectivity index (χ4v) is 6.17. The molecule has 0 saturated heterocycles. The second-order valence-electron chi connectivity index (χ2n) is 11.2. The van der Waals surface area contributed by atoms with Crippen LogP contribution in [0.3, 0.4) is 0 Å². The van der Waals surface area contributed by atoms with Crippen LogP contribution in [0.1, 0.15) is 58.2 Å². The van der Waals surface area contributed by atoms with E-state index >= 15 is 0 Å². The molecule has 9 nitrogen and oxygen atoms in total. The molecular formula is C38H37NO8S. The summed E-state index contributed by atoms with van der Waals surface area (Å²) in [6.45, 7) is 2.38. The lowest BCUT2D eigenvalue weighted by Gasteiger charge is -2.26. The number of carbonyl (C=O) groups excluding carboxylic acids is 4. The van der Waals surface area contributed by atoms with E-state index in [2.05, 4.69) is 0 Å². The molecule has 10 heteroatoms. The van der Waals surface area contributed by atoms with Gasteiger partial charge in [-0.25, -0.2) is 0 Å². The maximum atomic E-state index is 13.2. The molecule has 0 atom stereocenters. The Kier molecular flexibility index (Phi) is 11.4. The van der Waals surface area contributed by atoms with Crippen LogP contribution in [0.25, 0.3) is 6.08 Å². The lowest BCUT2D eigenvalue weighted by atomic mass is 9.82. The first kappa shape index (κ1) is 34.1. The van der Waals surface area contributed by atoms with Crippen LogP contribution < -0.4 is 23.8 Å². The molecule has 1 saturated carbocycles. The van der Waals surface area contributed by atoms with Gasteiger partial charge in [0, 0.05) is 23.4 Å². The molecule has 5 rings (SSSR count). The van der Waals surface area contributed by atoms with E-state index in [0.717, 1.165) is 5.69 Å². The van der Waals surface area contributed by atoms with Crippen molar-refractivity contribution in [3.05, 3.63) is 106 Å². The van der Waals surface area contributed by atoms with Crippen molar-refractivity contribution >= 4 is 46.7 Å². The summed E-state index contributed by atoms with van der Waals surface area (Å²) in [5.41, 5.74) is 1.76. The smallest absolute Gasteiger partial charge is 0.314 e. The highest BCUT2D eigenvalue weighted by molar-refractivity contribution is 7.12. The Balaban J connectivity index is 1.14. The molecular weight excluding hydrogens is 630 g/mol. The number of anilines is 1. The van der Waals surface area contributed by atoms with Crippen LogP contribution >= 0.6 is 11.3 Å². The highest BCUT2D eigenvalue weighted by atomic mass is 32.1. The van der Waals surface area contributed by atoms with Gasteiger partial charge in [0.15, 0.2) is 5.78 Å². The zero-order valence-electron chi connectivity index (χ0n) is 27.0. The van der Waals surface area contributed by atoms with Gasteiger partial charge in [0.05, 0.1) is 30.9 Å². The molecule has 1 aliphatic carbocycles. The van der Waals surface area contributed by atoms with Crippen LogP contribution in [-0.4, -0.2) is 44.4 Å². The summed E-state index contributed by atoms with van der Waals surface area (Å²) in [5.74, 6) is 0.140. The molecule has 0 spiro atoms. The quantitative estimate of drug-likeness (QED) is 0.0657. The Morgan fingerprint density at radius 2 is 1.38 bits per heavy atom. The number of ether oxygens (including phenoxy) is 4. The number of amides is 1. The minimum absolute atomic E-state index is 0.146. The van der Waals surface area contributed by atoms with Gasteiger partial charge >= 0.3 is 11.9 Å². The van der Waals surface area contributed by atoms with Gasteiger partial charge in [-0.15, -0.1) is 11.3 Å². The number of methoxy groups -OCH3 is 2. The minimum atomic E-state index is -0.387. The van der Waals surface area contributed by atoms with Crippen LogP contribution in [0, 0.1) is 11.8 Å². The molecule has 0 radical (unpaired) electrons. The second kappa shape index (κ2) is 16.1. The van der Waals surface area contributed by atoms with Gasteiger partial charge in [-0.3, -0.25) is 19.2 Å². The number of allylic oxidation sites excluding steroid dienone is 1. The van der Waals surface area contributed by atoms with Gasteiger partial charge in [0.1, 0.15) is 23.0 Å². The zero-order chi connectivity index (χ0) is 34.0. The Morgan fingerprint density at radius 1 is 0.771 bits per heavy atom. The highest BCUT2D eigenvalue weighted by Crippen LogP contribution is 2.33. The molecule has 48 heavy (non-hydrogen) atoms. The van der Waals surface area contributed by atoms with Gasteiger partial charge < -0.3 is 23.8 Å². The number of rotatable bonds is 12. The molecule has 4 aromatic rings. The van der Waals surface area contributed by atoms with Crippen LogP contribution in [-0.2, 0) is 9.59 Å². The van der Waals surface area contributed by atoms with Crippen LogP contribution in [0.2, 0.25) is 0 Å². The van der Waals surface area contributed by atoms with E-state index in [1.807, 2.05) is 30.5 Å². The monoisotopic (exact) mass is 667 g/mol. The number of ketones is 1. The first-order valence-electron chi connectivity index (χ1n) is 15.7. The summed E-state index contributed by atoms with van der Waals surface area (Å²) in [7, 11) is 3.13. The number of benzene rings is 3. The molecule has 0 bridgehead atoms. The van der Waals surface area contributed by atoms with E-state index in [1.54, 1.807) is 78.7 Å². The maximum Gasteiger partial charge on any atom is 0.314 e. The number of carbonyl (C=O) groups is 4. The molecule has 1 fully saturated rings. The Hall–Kier alpha value is -5.22. The number of hydrogen-bond donors (Lipinski definition) is 0. The number of thiophene rings is 1. The van der Waals surface area contributed by atoms with Gasteiger partial charge in [-0.1, -0.05) is 6.07 Å². The van der Waals surface area contributed by atoms with Crippen molar-refractivity contribution in [1.29, 1.82) is 0 Å². The predicted molar refractivity (Wildman–Crippen MR) is 184 cm³/mol. The van der Waals surface area contributed by atoms with Crippen LogP contribution in [0.5, 0.6) is 23.0 Å². The van der Waals surface area contributed by atoms with Gasteiger partial charge in [-0.05, 0) is 123 Å². The minimum Gasteiger partial charge on any atom is -0.497 e. The van der Waals surface area contributed by atoms with E-state index in [1.165, 1.54) is 24.5 Å². The average molecular weight is 668 g/mol. The standard InChI is InChI=1S/C38H37NO8S/c1-4-39(29-14-18-30(44-2)19-15-29)36(41)25-11-16-31(17-12-25)46-37(42)26-7-9-27(10-8-26)38(43)47-34-22-20-32(45-3)24-28(34)13-21-33(40)35-6-5-23-48-35/h5-6,11-24,26-27H,4,7-10H2,1-3H3/b21-13+. The van der Waals surface area contributed by atoms with Crippen molar-refractivity contribution in [2.75, 3.05) is 25.7 Å². The molecule has 1 aromatic heterocycles. The third kappa shape index (κ3) is 8.38. The number of esters is 2. The topological polar surface area (TPSA) is 108 Å². The average Bonchev–Trinajstić information content (AvgIpc) is 3.67. The Morgan fingerprint density at radius 3 is 1.96 bits per heavy atom. The van der Waals surface area contributed by atoms with E-state index in [0.29, 0.717) is 71.2 Å². The molecule has 1 heterocycles. The number of hydrogen-bond acceptors (Lipinski definition) is 9. The third-order valence-electron chi connectivity index (χ3n) is 8.26. The van der Waals surface area contributed by atoms with Crippen molar-refractivity contribution in [1.82, 2.24) is 0 Å². The maximum absolute atomic E-state index is 13.2. The van der Waals surface area contributed by atoms with E-state index in [9.17, 15) is 19.2 Å². The van der Waals surface area contributed by atoms with Gasteiger partial charge in [0.25, 0.3) is 5.91 Å². The fraction of sp³-hybridized carbons (Fsp3) is 0.263. The van der Waals surface area contributed by atoms with Crippen LogP contribution in [0.4, 0.5) is 5.69 Å². The molecule has 0 N–H and O–H groups in total. The van der Waals surface area contributed by atoms with Crippen molar-refractivity contribution in [2.45, 2.75) is 32.6 Å². The van der Waals surface area contributed by atoms with Crippen molar-refractivity contribution in [2.24, 2.45) is 11.8 Å². The summed E-state index contributed by atoms with van der Waals surface area (Å²) >= 11 is 1.35. The lowest BCUT2D eigenvalue weighted by Crippen LogP contribution is -2.31. The Bertz CT molecular complexity index is 1760. The van der Waals surface area contributed by atoms with E-state index in [4.69, 9.17) is 18.9 Å². The molecule has 248 valence electrons. The predicted octanol–water partition coefficient (Wildman–Crippen LogP) is 7.65. The summed E-state index contributed by atoms with van der Waals surface area (Å²) in [6.07, 6.45) is 4.97. The highest BCUT2D eigenvalue weighted by Gasteiger charge is 2.32. The summed E-state index contributed by atoms with van der Waals surface area (Å²) in [4.78, 5) is 54.1. The van der Waals surface area contributed by atoms with Crippen molar-refractivity contribution in [3.8, 4) is 23.0 Å². The van der Waals surface area contributed by atoms with E-state index < -0.39 is 0 Å². The summed E-state index contributed by atoms with van der Waals surface area (Å²) < 4.78 is 22.0. The molecule has 3 aromatic carbocycles. The Labute approximate surface area is 283 Å². The largest absolute Gasteiger partial charge is 0.497 e. The first-order chi connectivity index (χ1) is 23.3. The second-order valence-corrected chi connectivity index (χ2v) is 12.2. The van der Waals surface area contributed by atoms with Gasteiger partial charge in [0.2, 0.25) is 0 Å². The summed E-state index contributed by atoms with van der Waals surface area (Å²) in [6, 6.07) is 22.4. The molecule has 0 aliphatic heterocycles. The van der Waals surface area contributed by atoms with Crippen molar-refractivity contribution < 1.29 is 38.1 Å². The summed E-state index contributed by atoms with van der Waals surface area (Å²) in [5, 5.41) is 1.83. The molecule has 0 unspecified atom stereocenters. The first-order valence-corrected chi connectivity index (χ1v) is 16.6. The molecule has 1 amide bonds. The van der Waals surface area contributed by atoms with Gasteiger partial charge in [-0.2, -0.15) is 0 Å². The zero-order valence-corrected chi connectivity index (χ0v) is 27.9. The van der Waals surface area contributed by atoms with E-state index in [-0.39, 0.29) is 35.5 Å². The SMILES string of the molecule is CCN(C(=O)c1ccc(OC(=O)C2CCC(C(=O)Oc3ccc(OC)cc3/C=C/C(=O)c3cccs3)CC2)cc1)c1ccc(OC)cc1. The van der Waals surface area contributed by atoms with Crippen molar-refractivity contribution in [3.63, 3.8) is 0 Å². The number of nitrogens with zero attached hydrogens (tertiary/aromatic N) is 1. The lowest BCUT2D eigenvalue weighted by molar-refractivity contribution is -0.145. The molecule has 1 aliphatic rings. The normalized spacial score (nSPS) is 15.8.